The van der Waals surface area contributed by atoms with Gasteiger partial charge in [-0.2, -0.15) is 26.3 Å². The lowest BCUT2D eigenvalue weighted by molar-refractivity contribution is -0.348. The van der Waals surface area contributed by atoms with Crippen LogP contribution in [0.15, 0.2) is 24.3 Å². The molecule has 1 aliphatic rings. The van der Waals surface area contributed by atoms with Gasteiger partial charge in [0.15, 0.2) is 0 Å². The van der Waals surface area contributed by atoms with Gasteiger partial charge in [0.25, 0.3) is 0 Å². The third kappa shape index (κ3) is 3.60. The summed E-state index contributed by atoms with van der Waals surface area (Å²) in [5, 5.41) is 0. The van der Waals surface area contributed by atoms with Gasteiger partial charge in [0.2, 0.25) is 0 Å². The first kappa shape index (κ1) is 18.8. The van der Waals surface area contributed by atoms with Crippen molar-refractivity contribution in [2.45, 2.75) is 37.0 Å². The summed E-state index contributed by atoms with van der Waals surface area (Å²) in [6.45, 7) is 1.55. The maximum atomic E-state index is 13.9. The summed E-state index contributed by atoms with van der Waals surface area (Å²) in [6, 6.07) is 2.79. The smallest absolute Gasteiger partial charge is 0.435 e. The quantitative estimate of drug-likeness (QED) is 0.740. The van der Waals surface area contributed by atoms with Gasteiger partial charge in [0.05, 0.1) is 0 Å². The average molecular weight is 359 g/mol. The topological polar surface area (TPSA) is 12.5 Å². The Hall–Kier alpha value is -1.51. The van der Waals surface area contributed by atoms with Gasteiger partial charge in [0.1, 0.15) is 11.9 Å². The van der Waals surface area contributed by atoms with Crippen LogP contribution in [0.1, 0.15) is 18.4 Å². The standard InChI is InChI=1S/C15H16F7NO/c1-23-8-6-12(7-9-23)24-11-4-2-10(3-5-11)13(16,14(17,18)19)15(20,21)22/h2-5,12H,6-9H2,1H3. The third-order valence-electron chi connectivity index (χ3n) is 4.00. The Labute approximate surface area is 134 Å². The lowest BCUT2D eigenvalue weighted by Gasteiger charge is -2.31. The molecular formula is C15H16F7NO. The van der Waals surface area contributed by atoms with Gasteiger partial charge < -0.3 is 9.64 Å². The predicted octanol–water partition coefficient (Wildman–Crippen LogP) is 4.45. The molecule has 1 aromatic carbocycles. The van der Waals surface area contributed by atoms with Crippen molar-refractivity contribution in [2.24, 2.45) is 0 Å². The Kier molecular flexibility index (Phi) is 5.03. The first-order chi connectivity index (χ1) is 10.9. The van der Waals surface area contributed by atoms with Crippen molar-refractivity contribution in [1.82, 2.24) is 4.90 Å². The molecule has 0 unspecified atom stereocenters. The van der Waals surface area contributed by atoms with Crippen molar-refractivity contribution >= 4 is 0 Å². The third-order valence-corrected chi connectivity index (χ3v) is 4.00. The Morgan fingerprint density at radius 2 is 1.33 bits per heavy atom. The summed E-state index contributed by atoms with van der Waals surface area (Å²) >= 11 is 0. The second-order valence-electron chi connectivity index (χ2n) is 5.80. The van der Waals surface area contributed by atoms with Gasteiger partial charge in [-0.05, 0) is 32.0 Å². The molecule has 0 aromatic heterocycles. The van der Waals surface area contributed by atoms with E-state index < -0.39 is 23.6 Å². The molecule has 2 rings (SSSR count). The van der Waals surface area contributed by atoms with Crippen LogP contribution in [0.2, 0.25) is 0 Å². The van der Waals surface area contributed by atoms with E-state index in [2.05, 4.69) is 4.90 Å². The molecule has 0 N–H and O–H groups in total. The fourth-order valence-corrected chi connectivity index (χ4v) is 2.55. The summed E-state index contributed by atoms with van der Waals surface area (Å²) in [6.07, 6.45) is -11.0. The summed E-state index contributed by atoms with van der Waals surface area (Å²) in [5.41, 5.74) is -6.93. The zero-order chi connectivity index (χ0) is 18.2. The van der Waals surface area contributed by atoms with Crippen LogP contribution in [0.4, 0.5) is 30.7 Å². The van der Waals surface area contributed by atoms with Crippen LogP contribution in [0.5, 0.6) is 5.75 Å². The number of nitrogens with zero attached hydrogens (tertiary/aromatic N) is 1. The van der Waals surface area contributed by atoms with E-state index >= 15 is 0 Å². The summed E-state index contributed by atoms with van der Waals surface area (Å²) in [4.78, 5) is 2.08. The predicted molar refractivity (Wildman–Crippen MR) is 72.5 cm³/mol. The average Bonchev–Trinajstić information content (AvgIpc) is 2.47. The SMILES string of the molecule is CN1CCC(Oc2ccc(C(F)(C(F)(F)F)C(F)(F)F)cc2)CC1. The molecule has 1 aliphatic heterocycles. The second kappa shape index (κ2) is 6.42. The lowest BCUT2D eigenvalue weighted by Crippen LogP contribution is -2.50. The summed E-state index contributed by atoms with van der Waals surface area (Å²) in [7, 11) is 1.93. The maximum Gasteiger partial charge on any atom is 0.435 e. The monoisotopic (exact) mass is 359 g/mol. The number of hydrogen-bond acceptors (Lipinski definition) is 2. The number of halogens is 7. The number of piperidine rings is 1. The molecule has 0 aliphatic carbocycles. The van der Waals surface area contributed by atoms with E-state index in [0.29, 0.717) is 25.0 Å². The van der Waals surface area contributed by atoms with Crippen molar-refractivity contribution in [3.8, 4) is 5.75 Å². The van der Waals surface area contributed by atoms with E-state index in [0.717, 1.165) is 25.2 Å². The second-order valence-corrected chi connectivity index (χ2v) is 5.80. The highest BCUT2D eigenvalue weighted by Crippen LogP contribution is 2.53. The van der Waals surface area contributed by atoms with Crippen LogP contribution in [-0.2, 0) is 5.67 Å². The molecule has 0 radical (unpaired) electrons. The highest BCUT2D eigenvalue weighted by atomic mass is 19.4. The van der Waals surface area contributed by atoms with Crippen LogP contribution >= 0.6 is 0 Å². The van der Waals surface area contributed by atoms with Crippen LogP contribution < -0.4 is 4.74 Å². The van der Waals surface area contributed by atoms with Crippen molar-refractivity contribution < 1.29 is 35.5 Å². The molecule has 1 heterocycles. The zero-order valence-electron chi connectivity index (χ0n) is 12.7. The number of alkyl halides is 7. The summed E-state index contributed by atoms with van der Waals surface area (Å²) in [5.74, 6) is 0.111. The van der Waals surface area contributed by atoms with Gasteiger partial charge in [0, 0.05) is 18.7 Å². The van der Waals surface area contributed by atoms with Gasteiger partial charge in [-0.3, -0.25) is 0 Å². The van der Waals surface area contributed by atoms with E-state index in [-0.39, 0.29) is 11.9 Å². The fraction of sp³-hybridized carbons (Fsp3) is 0.600. The van der Waals surface area contributed by atoms with Crippen LogP contribution in [0.3, 0.4) is 0 Å². The van der Waals surface area contributed by atoms with Crippen molar-refractivity contribution in [3.63, 3.8) is 0 Å². The van der Waals surface area contributed by atoms with Crippen LogP contribution in [-0.4, -0.2) is 43.5 Å². The minimum atomic E-state index is -6.11. The molecule has 136 valence electrons. The first-order valence-electron chi connectivity index (χ1n) is 7.23. The molecule has 9 heteroatoms. The molecule has 1 aromatic rings. The molecule has 0 saturated carbocycles. The molecule has 0 amide bonds. The molecule has 1 fully saturated rings. The van der Waals surface area contributed by atoms with E-state index in [1.54, 1.807) is 0 Å². The molecule has 0 bridgehead atoms. The number of rotatable bonds is 3. The number of ether oxygens (including phenoxy) is 1. The van der Waals surface area contributed by atoms with Crippen molar-refractivity contribution in [3.05, 3.63) is 29.8 Å². The zero-order valence-corrected chi connectivity index (χ0v) is 12.7. The minimum absolute atomic E-state index is 0.111. The molecule has 24 heavy (non-hydrogen) atoms. The highest BCUT2D eigenvalue weighted by Gasteiger charge is 2.73. The van der Waals surface area contributed by atoms with Crippen LogP contribution in [0, 0.1) is 0 Å². The Bertz CT molecular complexity index is 530. The largest absolute Gasteiger partial charge is 0.490 e. The normalized spacial score (nSPS) is 18.7. The van der Waals surface area contributed by atoms with E-state index in [9.17, 15) is 30.7 Å². The van der Waals surface area contributed by atoms with Gasteiger partial charge in [-0.25, -0.2) is 4.39 Å². The first-order valence-corrected chi connectivity index (χ1v) is 7.23. The Morgan fingerprint density at radius 3 is 1.75 bits per heavy atom. The van der Waals surface area contributed by atoms with Crippen LogP contribution in [0.25, 0.3) is 0 Å². The summed E-state index contributed by atoms with van der Waals surface area (Å²) < 4.78 is 95.4. The van der Waals surface area contributed by atoms with Gasteiger partial charge in [-0.1, -0.05) is 12.1 Å². The molecular weight excluding hydrogens is 343 g/mol. The Balaban J connectivity index is 2.18. The molecule has 0 atom stereocenters. The number of hydrogen-bond donors (Lipinski definition) is 0. The number of benzene rings is 1. The molecule has 0 spiro atoms. The van der Waals surface area contributed by atoms with Crippen molar-refractivity contribution in [1.29, 1.82) is 0 Å². The minimum Gasteiger partial charge on any atom is -0.490 e. The van der Waals surface area contributed by atoms with Crippen molar-refractivity contribution in [2.75, 3.05) is 20.1 Å². The van der Waals surface area contributed by atoms with E-state index in [4.69, 9.17) is 4.74 Å². The molecule has 2 nitrogen and oxygen atoms in total. The number of likely N-dealkylation sites (tertiary alicyclic amines) is 1. The molecule has 1 saturated heterocycles. The lowest BCUT2D eigenvalue weighted by atomic mass is 9.94. The van der Waals surface area contributed by atoms with E-state index in [1.165, 1.54) is 0 Å². The Morgan fingerprint density at radius 1 is 0.875 bits per heavy atom. The van der Waals surface area contributed by atoms with E-state index in [1.807, 2.05) is 7.05 Å². The maximum absolute atomic E-state index is 13.9. The highest BCUT2D eigenvalue weighted by molar-refractivity contribution is 5.33. The van der Waals surface area contributed by atoms with Gasteiger partial charge in [-0.15, -0.1) is 0 Å². The van der Waals surface area contributed by atoms with Gasteiger partial charge >= 0.3 is 18.0 Å². The fourth-order valence-electron chi connectivity index (χ4n) is 2.55.